The van der Waals surface area contributed by atoms with Crippen molar-refractivity contribution in [2.45, 2.75) is 46.0 Å². The molecule has 1 aromatic carbocycles. The van der Waals surface area contributed by atoms with Crippen molar-refractivity contribution in [2.24, 2.45) is 15.7 Å². The number of nitrogens with zero attached hydrogens (tertiary/aromatic N) is 5. The third kappa shape index (κ3) is 6.92. The maximum absolute atomic E-state index is 12.4. The molecule has 0 spiro atoms. The van der Waals surface area contributed by atoms with Gasteiger partial charge in [-0.15, -0.1) is 12.4 Å². The van der Waals surface area contributed by atoms with Crippen LogP contribution in [0.3, 0.4) is 0 Å². The van der Waals surface area contributed by atoms with Crippen LogP contribution in [-0.4, -0.2) is 62.0 Å². The molecule has 0 bridgehead atoms. The Balaban J connectivity index is 0.00000420. The van der Waals surface area contributed by atoms with E-state index in [-0.39, 0.29) is 12.4 Å². The third-order valence-electron chi connectivity index (χ3n) is 4.86. The predicted molar refractivity (Wildman–Crippen MR) is 124 cm³/mol. The molecule has 0 aliphatic carbocycles. The predicted octanol–water partition coefficient (Wildman–Crippen LogP) is 3.78. The first-order valence-corrected chi connectivity index (χ1v) is 9.99. The van der Waals surface area contributed by atoms with E-state index in [0.29, 0.717) is 11.9 Å². The maximum Gasteiger partial charge on any atom is 0.326 e. The van der Waals surface area contributed by atoms with Crippen molar-refractivity contribution in [3.8, 4) is 0 Å². The molecule has 7 nitrogen and oxygen atoms in total. The summed E-state index contributed by atoms with van der Waals surface area (Å²) in [5, 5.41) is 0. The van der Waals surface area contributed by atoms with Crippen molar-refractivity contribution >= 4 is 36.0 Å². The molecule has 1 heterocycles. The van der Waals surface area contributed by atoms with Crippen molar-refractivity contribution in [2.75, 3.05) is 39.1 Å². The Morgan fingerprint density at radius 2 is 1.79 bits per heavy atom. The number of hydrogen-bond donors (Lipinski definition) is 1. The van der Waals surface area contributed by atoms with Gasteiger partial charge >= 0.3 is 6.03 Å². The molecule has 0 radical (unpaired) electrons. The summed E-state index contributed by atoms with van der Waals surface area (Å²) in [5.41, 5.74) is 8.61. The van der Waals surface area contributed by atoms with Crippen LogP contribution in [0.5, 0.6) is 0 Å². The maximum atomic E-state index is 12.4. The Kier molecular flexibility index (Phi) is 9.95. The fourth-order valence-corrected chi connectivity index (χ4v) is 3.33. The normalized spacial score (nSPS) is 15.8. The van der Waals surface area contributed by atoms with E-state index in [1.165, 1.54) is 24.2 Å². The van der Waals surface area contributed by atoms with Crippen LogP contribution >= 0.6 is 12.4 Å². The van der Waals surface area contributed by atoms with Crippen molar-refractivity contribution in [3.63, 3.8) is 0 Å². The summed E-state index contributed by atoms with van der Waals surface area (Å²) in [6, 6.07) is 5.35. The van der Waals surface area contributed by atoms with Gasteiger partial charge in [0.25, 0.3) is 0 Å². The molecule has 0 atom stereocenters. The quantitative estimate of drug-likeness (QED) is 0.552. The fourth-order valence-electron chi connectivity index (χ4n) is 3.33. The third-order valence-corrected chi connectivity index (χ3v) is 4.86. The van der Waals surface area contributed by atoms with Gasteiger partial charge in [0.05, 0.1) is 5.69 Å². The van der Waals surface area contributed by atoms with E-state index in [0.717, 1.165) is 42.7 Å². The molecule has 1 aliphatic heterocycles. The number of anilines is 1. The first-order valence-electron chi connectivity index (χ1n) is 9.99. The Morgan fingerprint density at radius 3 is 2.41 bits per heavy atom. The number of aliphatic imine (C=N–C) groups is 2. The lowest BCUT2D eigenvalue weighted by Gasteiger charge is -2.29. The van der Waals surface area contributed by atoms with Crippen LogP contribution in [-0.2, 0) is 0 Å². The number of nitrogens with two attached hydrogens (primary N) is 1. The average Bonchev–Trinajstić information content (AvgIpc) is 2.62. The Bertz CT molecular complexity index is 747. The number of guanidine groups is 2. The molecule has 0 saturated carbocycles. The second-order valence-corrected chi connectivity index (χ2v) is 7.64. The lowest BCUT2D eigenvalue weighted by Crippen LogP contribution is -2.48. The second-order valence-electron chi connectivity index (χ2n) is 7.64. The summed E-state index contributed by atoms with van der Waals surface area (Å²) in [5.74, 6) is 1.10. The zero-order valence-corrected chi connectivity index (χ0v) is 19.1. The molecule has 0 fully saturated rings. The van der Waals surface area contributed by atoms with Crippen LogP contribution < -0.4 is 10.6 Å². The number of rotatable bonds is 1. The number of carbonyl (C=O) groups is 1. The first-order chi connectivity index (χ1) is 13.3. The topological polar surface area (TPSA) is 77.5 Å². The Hall–Kier alpha value is -2.28. The summed E-state index contributed by atoms with van der Waals surface area (Å²) >= 11 is 0. The molecule has 29 heavy (non-hydrogen) atoms. The second kappa shape index (κ2) is 11.7. The number of urea groups is 1. The molecule has 162 valence electrons. The van der Waals surface area contributed by atoms with E-state index in [4.69, 9.17) is 15.7 Å². The summed E-state index contributed by atoms with van der Waals surface area (Å²) in [6.07, 6.45) is 5.84. The van der Waals surface area contributed by atoms with Crippen molar-refractivity contribution in [3.05, 3.63) is 29.3 Å². The largest absolute Gasteiger partial charge is 0.351 e. The SMILES string of the molecule is Cc1ccc(N(C(N)=O)/C(=N/C2=NCCCCCCCN2C)N(C)C)c(C)c1.Cl. The molecule has 0 aromatic heterocycles. The summed E-state index contributed by atoms with van der Waals surface area (Å²) in [7, 11) is 5.72. The molecule has 1 aliphatic rings. The lowest BCUT2D eigenvalue weighted by atomic mass is 10.1. The number of hydrogen-bond acceptors (Lipinski definition) is 4. The Labute approximate surface area is 181 Å². The van der Waals surface area contributed by atoms with Crippen LogP contribution in [0.15, 0.2) is 28.2 Å². The van der Waals surface area contributed by atoms with Gasteiger partial charge in [-0.05, 0) is 38.3 Å². The van der Waals surface area contributed by atoms with E-state index in [2.05, 4.69) is 4.90 Å². The minimum atomic E-state index is -0.567. The van der Waals surface area contributed by atoms with Crippen molar-refractivity contribution in [1.82, 2.24) is 9.80 Å². The smallest absolute Gasteiger partial charge is 0.326 e. The van der Waals surface area contributed by atoms with Crippen LogP contribution in [0.25, 0.3) is 0 Å². The molecule has 0 saturated heterocycles. The van der Waals surface area contributed by atoms with Crippen LogP contribution in [0, 0.1) is 13.8 Å². The number of halogens is 1. The van der Waals surface area contributed by atoms with Gasteiger partial charge < -0.3 is 15.5 Å². The molecule has 8 heteroatoms. The highest BCUT2D eigenvalue weighted by Gasteiger charge is 2.24. The highest BCUT2D eigenvalue weighted by molar-refractivity contribution is 6.17. The van der Waals surface area contributed by atoms with Gasteiger partial charge in [0, 0.05) is 34.2 Å². The number of carbonyl (C=O) groups excluding carboxylic acids is 1. The van der Waals surface area contributed by atoms with E-state index in [1.54, 1.807) is 4.90 Å². The van der Waals surface area contributed by atoms with Crippen LogP contribution in [0.2, 0.25) is 0 Å². The van der Waals surface area contributed by atoms with E-state index >= 15 is 0 Å². The van der Waals surface area contributed by atoms with Gasteiger partial charge in [0.2, 0.25) is 11.9 Å². The van der Waals surface area contributed by atoms with E-state index in [1.807, 2.05) is 53.2 Å². The van der Waals surface area contributed by atoms with Gasteiger partial charge in [0.15, 0.2) is 0 Å². The van der Waals surface area contributed by atoms with Crippen molar-refractivity contribution < 1.29 is 4.79 Å². The highest BCUT2D eigenvalue weighted by atomic mass is 35.5. The van der Waals surface area contributed by atoms with Crippen LogP contribution in [0.4, 0.5) is 10.5 Å². The molecule has 2 rings (SSSR count). The van der Waals surface area contributed by atoms with Crippen LogP contribution in [0.1, 0.15) is 43.2 Å². The van der Waals surface area contributed by atoms with Gasteiger partial charge in [-0.2, -0.15) is 4.99 Å². The number of benzene rings is 1. The zero-order valence-electron chi connectivity index (χ0n) is 18.3. The molecule has 0 unspecified atom stereocenters. The Morgan fingerprint density at radius 1 is 1.14 bits per heavy atom. The minimum Gasteiger partial charge on any atom is -0.351 e. The number of aryl methyl sites for hydroxylation is 2. The highest BCUT2D eigenvalue weighted by Crippen LogP contribution is 2.22. The fraction of sp³-hybridized carbons (Fsp3) is 0.571. The summed E-state index contributed by atoms with van der Waals surface area (Å²) < 4.78 is 0. The standard InChI is InChI=1S/C21H34N6O.ClH/c1-16-11-12-18(17(2)15-16)27(19(22)28)21(25(3)4)24-20-23-13-9-7-6-8-10-14-26(20)5;/h11-12,15H,6-10,13-14H2,1-5H3,(H2,22,28);1H/b23-20?,24-21+;. The monoisotopic (exact) mass is 422 g/mol. The van der Waals surface area contributed by atoms with Gasteiger partial charge in [0.1, 0.15) is 0 Å². The summed E-state index contributed by atoms with van der Waals surface area (Å²) in [6.45, 7) is 5.63. The van der Waals surface area contributed by atoms with Gasteiger partial charge in [-0.3, -0.25) is 4.99 Å². The first kappa shape index (κ1) is 24.8. The molecular weight excluding hydrogens is 388 g/mol. The molecule has 2 amide bonds. The average molecular weight is 423 g/mol. The van der Waals surface area contributed by atoms with E-state index < -0.39 is 6.03 Å². The number of amides is 2. The van der Waals surface area contributed by atoms with Gasteiger partial charge in [-0.25, -0.2) is 9.69 Å². The summed E-state index contributed by atoms with van der Waals surface area (Å²) in [4.78, 5) is 27.3. The van der Waals surface area contributed by atoms with Gasteiger partial charge in [-0.1, -0.05) is 37.0 Å². The molecule has 2 N–H and O–H groups in total. The zero-order chi connectivity index (χ0) is 20.7. The van der Waals surface area contributed by atoms with Crippen molar-refractivity contribution in [1.29, 1.82) is 0 Å². The van der Waals surface area contributed by atoms with E-state index in [9.17, 15) is 4.79 Å². The number of primary amides is 1. The lowest BCUT2D eigenvalue weighted by molar-refractivity contribution is 0.256. The molecule has 1 aromatic rings. The molecular formula is C21H35ClN6O. The minimum absolute atomic E-state index is 0.